The van der Waals surface area contributed by atoms with Crippen LogP contribution in [0.2, 0.25) is 0 Å². The van der Waals surface area contributed by atoms with Crippen LogP contribution in [-0.2, 0) is 10.0 Å². The van der Waals surface area contributed by atoms with Gasteiger partial charge in [-0.25, -0.2) is 13.6 Å². The zero-order chi connectivity index (χ0) is 15.5. The molecule has 0 atom stereocenters. The number of primary sulfonamides is 1. The highest BCUT2D eigenvalue weighted by atomic mass is 32.2. The summed E-state index contributed by atoms with van der Waals surface area (Å²) in [6, 6.07) is 10.4. The van der Waals surface area contributed by atoms with Crippen molar-refractivity contribution in [1.29, 1.82) is 0 Å². The van der Waals surface area contributed by atoms with E-state index in [1.54, 1.807) is 12.1 Å². The number of nitrogens with two attached hydrogens (primary N) is 1. The second kappa shape index (κ2) is 6.43. The summed E-state index contributed by atoms with van der Waals surface area (Å²) in [4.78, 5) is 2.21. The zero-order valence-corrected chi connectivity index (χ0v) is 13.1. The molecule has 2 N–H and O–H groups in total. The molecule has 0 fully saturated rings. The van der Waals surface area contributed by atoms with Gasteiger partial charge in [0, 0.05) is 6.54 Å². The predicted molar refractivity (Wildman–Crippen MR) is 84.0 cm³/mol. The summed E-state index contributed by atoms with van der Waals surface area (Å²) in [5.41, 5.74) is 0. The number of rotatable bonds is 6. The van der Waals surface area contributed by atoms with E-state index >= 15 is 0 Å². The normalized spacial score (nSPS) is 12.0. The average molecular weight is 308 g/mol. The standard InChI is InChI=1S/C15H20N2O3S/c1-17(2)8-3-9-20-14-6-4-12-5-7-15(21(16,18)19)11-13(12)10-14/h4-7,10-11H,3,8-9H2,1-2H3,(H2,16,18,19). The Kier molecular flexibility index (Phi) is 4.82. The van der Waals surface area contributed by atoms with Gasteiger partial charge in [-0.1, -0.05) is 12.1 Å². The lowest BCUT2D eigenvalue weighted by molar-refractivity contribution is 0.282. The molecular weight excluding hydrogens is 288 g/mol. The van der Waals surface area contributed by atoms with Crippen molar-refractivity contribution in [3.63, 3.8) is 0 Å². The minimum absolute atomic E-state index is 0.111. The Morgan fingerprint density at radius 2 is 1.81 bits per heavy atom. The molecule has 0 amide bonds. The number of nitrogens with zero attached hydrogens (tertiary/aromatic N) is 1. The number of sulfonamides is 1. The van der Waals surface area contributed by atoms with Gasteiger partial charge in [0.2, 0.25) is 10.0 Å². The van der Waals surface area contributed by atoms with Crippen LogP contribution in [0.3, 0.4) is 0 Å². The minimum Gasteiger partial charge on any atom is -0.494 e. The first-order valence-electron chi connectivity index (χ1n) is 6.70. The Bertz CT molecular complexity index is 727. The molecule has 0 aliphatic carbocycles. The van der Waals surface area contributed by atoms with Gasteiger partial charge in [-0.2, -0.15) is 0 Å². The summed E-state index contributed by atoms with van der Waals surface area (Å²) in [6.07, 6.45) is 0.933. The molecule has 2 aromatic rings. The van der Waals surface area contributed by atoms with Crippen LogP contribution in [0.5, 0.6) is 5.75 Å². The van der Waals surface area contributed by atoms with Crippen molar-refractivity contribution in [2.24, 2.45) is 5.14 Å². The SMILES string of the molecule is CN(C)CCCOc1ccc2ccc(S(N)(=O)=O)cc2c1. The van der Waals surface area contributed by atoms with Crippen molar-refractivity contribution in [2.75, 3.05) is 27.2 Å². The molecule has 0 aromatic heterocycles. The maximum atomic E-state index is 11.4. The van der Waals surface area contributed by atoms with E-state index in [1.165, 1.54) is 6.07 Å². The molecule has 0 saturated heterocycles. The quantitative estimate of drug-likeness (QED) is 0.826. The van der Waals surface area contributed by atoms with Gasteiger partial charge >= 0.3 is 0 Å². The topological polar surface area (TPSA) is 72.6 Å². The van der Waals surface area contributed by atoms with Crippen LogP contribution in [0.25, 0.3) is 10.8 Å². The molecule has 0 radical (unpaired) electrons. The van der Waals surface area contributed by atoms with Gasteiger partial charge in [-0.15, -0.1) is 0 Å². The van der Waals surface area contributed by atoms with E-state index in [2.05, 4.69) is 4.90 Å². The monoisotopic (exact) mass is 308 g/mol. The van der Waals surface area contributed by atoms with E-state index in [9.17, 15) is 8.42 Å². The Labute approximate surface area is 125 Å². The number of benzene rings is 2. The smallest absolute Gasteiger partial charge is 0.238 e. The Hall–Kier alpha value is -1.63. The second-order valence-electron chi connectivity index (χ2n) is 5.22. The van der Waals surface area contributed by atoms with Gasteiger partial charge in [-0.05, 0) is 55.6 Å². The lowest BCUT2D eigenvalue weighted by atomic mass is 10.1. The van der Waals surface area contributed by atoms with Gasteiger partial charge < -0.3 is 9.64 Å². The van der Waals surface area contributed by atoms with E-state index in [1.807, 2.05) is 32.3 Å². The van der Waals surface area contributed by atoms with Gasteiger partial charge in [0.1, 0.15) is 5.75 Å². The molecule has 0 aliphatic rings. The van der Waals surface area contributed by atoms with Crippen molar-refractivity contribution in [2.45, 2.75) is 11.3 Å². The van der Waals surface area contributed by atoms with Crippen LogP contribution >= 0.6 is 0 Å². The lowest BCUT2D eigenvalue weighted by Gasteiger charge is -2.11. The maximum absolute atomic E-state index is 11.4. The molecular formula is C15H20N2O3S. The van der Waals surface area contributed by atoms with Crippen molar-refractivity contribution < 1.29 is 13.2 Å². The third kappa shape index (κ3) is 4.42. The van der Waals surface area contributed by atoms with Crippen LogP contribution in [0.1, 0.15) is 6.42 Å². The number of hydrogen-bond donors (Lipinski definition) is 1. The molecule has 0 bridgehead atoms. The molecule has 2 aromatic carbocycles. The third-order valence-electron chi connectivity index (χ3n) is 3.13. The molecule has 5 nitrogen and oxygen atoms in total. The van der Waals surface area contributed by atoms with E-state index in [-0.39, 0.29) is 4.90 Å². The van der Waals surface area contributed by atoms with Gasteiger partial charge in [0.15, 0.2) is 0 Å². The Balaban J connectivity index is 2.16. The third-order valence-corrected chi connectivity index (χ3v) is 4.04. The molecule has 0 heterocycles. The fraction of sp³-hybridized carbons (Fsp3) is 0.333. The molecule has 0 aliphatic heterocycles. The molecule has 114 valence electrons. The Morgan fingerprint density at radius 3 is 2.48 bits per heavy atom. The molecule has 21 heavy (non-hydrogen) atoms. The van der Waals surface area contributed by atoms with E-state index in [4.69, 9.17) is 9.88 Å². The zero-order valence-electron chi connectivity index (χ0n) is 12.2. The van der Waals surface area contributed by atoms with E-state index < -0.39 is 10.0 Å². The van der Waals surface area contributed by atoms with Gasteiger partial charge in [0.25, 0.3) is 0 Å². The summed E-state index contributed by atoms with van der Waals surface area (Å²) in [7, 11) is 0.353. The molecule has 0 unspecified atom stereocenters. The lowest BCUT2D eigenvalue weighted by Crippen LogP contribution is -2.15. The summed E-state index contributed by atoms with van der Waals surface area (Å²) in [5.74, 6) is 0.729. The van der Waals surface area contributed by atoms with Gasteiger partial charge in [-0.3, -0.25) is 0 Å². The number of fused-ring (bicyclic) bond motifs is 1. The van der Waals surface area contributed by atoms with Crippen molar-refractivity contribution >= 4 is 20.8 Å². The highest BCUT2D eigenvalue weighted by Crippen LogP contribution is 2.23. The highest BCUT2D eigenvalue weighted by Gasteiger charge is 2.08. The van der Waals surface area contributed by atoms with Crippen LogP contribution < -0.4 is 9.88 Å². The van der Waals surface area contributed by atoms with E-state index in [0.29, 0.717) is 6.61 Å². The second-order valence-corrected chi connectivity index (χ2v) is 6.78. The number of ether oxygens (including phenoxy) is 1. The summed E-state index contributed by atoms with van der Waals surface area (Å²) in [5, 5.41) is 6.89. The fourth-order valence-electron chi connectivity index (χ4n) is 2.04. The first-order valence-corrected chi connectivity index (χ1v) is 8.25. The first kappa shape index (κ1) is 15.8. The summed E-state index contributed by atoms with van der Waals surface area (Å²) < 4.78 is 28.4. The van der Waals surface area contributed by atoms with Crippen molar-refractivity contribution in [1.82, 2.24) is 4.90 Å². The van der Waals surface area contributed by atoms with Crippen LogP contribution in [0.4, 0.5) is 0 Å². The molecule has 0 saturated carbocycles. The van der Waals surface area contributed by atoms with Crippen LogP contribution in [-0.4, -0.2) is 40.6 Å². The van der Waals surface area contributed by atoms with Gasteiger partial charge in [0.05, 0.1) is 11.5 Å². The Morgan fingerprint density at radius 1 is 1.10 bits per heavy atom. The molecule has 6 heteroatoms. The fourth-order valence-corrected chi connectivity index (χ4v) is 2.59. The van der Waals surface area contributed by atoms with Crippen LogP contribution in [0.15, 0.2) is 41.3 Å². The molecule has 0 spiro atoms. The van der Waals surface area contributed by atoms with Crippen molar-refractivity contribution in [3.05, 3.63) is 36.4 Å². The maximum Gasteiger partial charge on any atom is 0.238 e. The first-order chi connectivity index (χ1) is 9.86. The predicted octanol–water partition coefficient (Wildman–Crippen LogP) is 1.82. The highest BCUT2D eigenvalue weighted by molar-refractivity contribution is 7.89. The average Bonchev–Trinajstić information content (AvgIpc) is 2.41. The summed E-state index contributed by atoms with van der Waals surface area (Å²) in [6.45, 7) is 1.59. The molecule has 2 rings (SSSR count). The van der Waals surface area contributed by atoms with Crippen LogP contribution in [0, 0.1) is 0 Å². The number of hydrogen-bond acceptors (Lipinski definition) is 4. The van der Waals surface area contributed by atoms with Crippen molar-refractivity contribution in [3.8, 4) is 5.75 Å². The van der Waals surface area contributed by atoms with E-state index in [0.717, 1.165) is 29.5 Å². The largest absolute Gasteiger partial charge is 0.494 e. The minimum atomic E-state index is -3.68. The summed E-state index contributed by atoms with van der Waals surface area (Å²) >= 11 is 0.